The summed E-state index contributed by atoms with van der Waals surface area (Å²) < 4.78 is 57.9. The number of nitrogens with one attached hydrogen (secondary N) is 1. The Labute approximate surface area is 305 Å². The van der Waals surface area contributed by atoms with Crippen LogP contribution in [-0.4, -0.2) is 59.6 Å². The molecule has 2 amide bonds. The van der Waals surface area contributed by atoms with Crippen molar-refractivity contribution in [2.45, 2.75) is 68.5 Å². The number of halogens is 3. The van der Waals surface area contributed by atoms with Crippen LogP contribution in [0.4, 0.5) is 13.2 Å². The van der Waals surface area contributed by atoms with E-state index in [0.717, 1.165) is 44.0 Å². The highest BCUT2D eigenvalue weighted by Gasteiger charge is 2.47. The SMILES string of the molecule is COc1ccccc1SCC1OC(c2ccc(-c3cccc(CNC(=O)C4CCCN4C(=O)C(F)(F)F)c3)cc2)OC(c2ccc(CO)cc2)C1C. The van der Waals surface area contributed by atoms with Crippen molar-refractivity contribution in [2.24, 2.45) is 5.92 Å². The number of likely N-dealkylation sites (tertiary alicyclic amines) is 1. The van der Waals surface area contributed by atoms with Gasteiger partial charge in [0.1, 0.15) is 11.8 Å². The Morgan fingerprint density at radius 2 is 1.65 bits per heavy atom. The number of ether oxygens (including phenoxy) is 3. The lowest BCUT2D eigenvalue weighted by molar-refractivity contribution is -0.268. The molecule has 2 saturated heterocycles. The largest absolute Gasteiger partial charge is 0.496 e. The Hall–Kier alpha value is -4.36. The van der Waals surface area contributed by atoms with Gasteiger partial charge in [-0.1, -0.05) is 85.8 Å². The number of alkyl halides is 3. The molecule has 8 nitrogen and oxygen atoms in total. The van der Waals surface area contributed by atoms with E-state index < -0.39 is 30.3 Å². The molecule has 2 aliphatic rings. The molecule has 0 saturated carbocycles. The molecular formula is C40H41F3N2O6S. The highest BCUT2D eigenvalue weighted by molar-refractivity contribution is 7.99. The van der Waals surface area contributed by atoms with Crippen LogP contribution in [0.2, 0.25) is 0 Å². The van der Waals surface area contributed by atoms with Crippen LogP contribution >= 0.6 is 11.8 Å². The highest BCUT2D eigenvalue weighted by Crippen LogP contribution is 2.44. The summed E-state index contributed by atoms with van der Waals surface area (Å²) >= 11 is 1.67. The fourth-order valence-electron chi connectivity index (χ4n) is 6.67. The van der Waals surface area contributed by atoms with Crippen molar-refractivity contribution in [3.05, 3.63) is 119 Å². The van der Waals surface area contributed by atoms with Crippen LogP contribution in [0.3, 0.4) is 0 Å². The molecule has 12 heteroatoms. The van der Waals surface area contributed by atoms with Crippen molar-refractivity contribution in [1.82, 2.24) is 10.2 Å². The number of amides is 2. The monoisotopic (exact) mass is 734 g/mol. The first-order valence-electron chi connectivity index (χ1n) is 17.2. The van der Waals surface area contributed by atoms with Crippen molar-refractivity contribution in [2.75, 3.05) is 19.4 Å². The van der Waals surface area contributed by atoms with Crippen LogP contribution in [0.25, 0.3) is 11.1 Å². The summed E-state index contributed by atoms with van der Waals surface area (Å²) in [6.07, 6.45) is -5.56. The molecule has 0 aliphatic carbocycles. The summed E-state index contributed by atoms with van der Waals surface area (Å²) in [6, 6.07) is 29.9. The second kappa shape index (κ2) is 16.5. The van der Waals surface area contributed by atoms with Gasteiger partial charge in [0, 0.05) is 35.2 Å². The molecule has 2 heterocycles. The Kier molecular flexibility index (Phi) is 11.9. The predicted octanol–water partition coefficient (Wildman–Crippen LogP) is 7.61. The molecule has 4 aromatic rings. The number of hydrogen-bond acceptors (Lipinski definition) is 7. The first kappa shape index (κ1) is 37.4. The molecule has 274 valence electrons. The molecule has 6 rings (SSSR count). The maximum absolute atomic E-state index is 13.0. The molecule has 0 spiro atoms. The Bertz CT molecular complexity index is 1840. The Morgan fingerprint density at radius 1 is 0.923 bits per heavy atom. The summed E-state index contributed by atoms with van der Waals surface area (Å²) in [5, 5.41) is 12.3. The van der Waals surface area contributed by atoms with Crippen molar-refractivity contribution in [1.29, 1.82) is 0 Å². The summed E-state index contributed by atoms with van der Waals surface area (Å²) in [5.41, 5.74) is 5.23. The van der Waals surface area contributed by atoms with Crippen molar-refractivity contribution < 1.29 is 42.1 Å². The molecule has 0 radical (unpaired) electrons. The fourth-order valence-corrected chi connectivity index (χ4v) is 7.86. The quantitative estimate of drug-likeness (QED) is 0.153. The number of carbonyl (C=O) groups is 2. The van der Waals surface area contributed by atoms with Crippen molar-refractivity contribution >= 4 is 23.6 Å². The average Bonchev–Trinajstić information content (AvgIpc) is 3.66. The first-order chi connectivity index (χ1) is 25.0. The molecule has 2 aliphatic heterocycles. The lowest BCUT2D eigenvalue weighted by Crippen LogP contribution is -2.50. The minimum atomic E-state index is -5.02. The summed E-state index contributed by atoms with van der Waals surface area (Å²) in [5.74, 6) is -1.09. The number of aliphatic hydroxyl groups excluding tert-OH is 1. The van der Waals surface area contributed by atoms with Gasteiger partial charge in [-0.15, -0.1) is 11.8 Å². The van der Waals surface area contributed by atoms with Crippen LogP contribution in [-0.2, 0) is 32.2 Å². The van der Waals surface area contributed by atoms with Gasteiger partial charge in [0.15, 0.2) is 6.29 Å². The van der Waals surface area contributed by atoms with E-state index in [1.165, 1.54) is 0 Å². The second-order valence-electron chi connectivity index (χ2n) is 13.0. The topological polar surface area (TPSA) is 97.3 Å². The molecule has 5 unspecified atom stereocenters. The van der Waals surface area contributed by atoms with Crippen LogP contribution < -0.4 is 10.1 Å². The summed E-state index contributed by atoms with van der Waals surface area (Å²) in [4.78, 5) is 26.3. The molecule has 2 N–H and O–H groups in total. The van der Waals surface area contributed by atoms with Crippen LogP contribution in [0, 0.1) is 5.92 Å². The van der Waals surface area contributed by atoms with Gasteiger partial charge in [0.25, 0.3) is 0 Å². The third-order valence-electron chi connectivity index (χ3n) is 9.56. The van der Waals surface area contributed by atoms with Gasteiger partial charge in [-0.25, -0.2) is 0 Å². The van der Waals surface area contributed by atoms with E-state index in [1.54, 1.807) is 18.9 Å². The number of hydrogen-bond donors (Lipinski definition) is 2. The van der Waals surface area contributed by atoms with Gasteiger partial charge in [-0.05, 0) is 58.9 Å². The fraction of sp³-hybridized carbons (Fsp3) is 0.350. The van der Waals surface area contributed by atoms with E-state index >= 15 is 0 Å². The molecule has 0 bridgehead atoms. The number of rotatable bonds is 11. The second-order valence-corrected chi connectivity index (χ2v) is 14.0. The zero-order valence-corrected chi connectivity index (χ0v) is 29.7. The van der Waals surface area contributed by atoms with E-state index in [1.807, 2.05) is 97.1 Å². The number of aliphatic hydroxyl groups is 1. The zero-order chi connectivity index (χ0) is 36.8. The number of benzene rings is 4. The average molecular weight is 735 g/mol. The van der Waals surface area contributed by atoms with Crippen molar-refractivity contribution in [3.63, 3.8) is 0 Å². The first-order valence-corrected chi connectivity index (χ1v) is 18.2. The van der Waals surface area contributed by atoms with E-state index in [9.17, 15) is 27.9 Å². The maximum atomic E-state index is 13.0. The van der Waals surface area contributed by atoms with Gasteiger partial charge in [0.05, 0.1) is 25.9 Å². The third kappa shape index (κ3) is 8.63. The van der Waals surface area contributed by atoms with Crippen LogP contribution in [0.15, 0.2) is 102 Å². The molecule has 4 aromatic carbocycles. The van der Waals surface area contributed by atoms with Gasteiger partial charge in [-0.3, -0.25) is 9.59 Å². The smallest absolute Gasteiger partial charge is 0.471 e. The molecule has 5 atom stereocenters. The number of para-hydroxylation sites is 1. The van der Waals surface area contributed by atoms with Crippen LogP contribution in [0.1, 0.15) is 54.4 Å². The summed E-state index contributed by atoms with van der Waals surface area (Å²) in [7, 11) is 1.66. The van der Waals surface area contributed by atoms with E-state index in [-0.39, 0.29) is 44.2 Å². The van der Waals surface area contributed by atoms with Crippen LogP contribution in [0.5, 0.6) is 5.75 Å². The van der Waals surface area contributed by atoms with Gasteiger partial charge in [-0.2, -0.15) is 13.2 Å². The normalized spacial score (nSPS) is 21.9. The molecular weight excluding hydrogens is 694 g/mol. The van der Waals surface area contributed by atoms with E-state index in [2.05, 4.69) is 12.2 Å². The number of nitrogens with zero attached hydrogens (tertiary/aromatic N) is 1. The minimum absolute atomic E-state index is 0.0165. The van der Waals surface area contributed by atoms with Gasteiger partial charge < -0.3 is 29.5 Å². The van der Waals surface area contributed by atoms with E-state index in [4.69, 9.17) is 14.2 Å². The molecule has 2 fully saturated rings. The Morgan fingerprint density at radius 3 is 2.37 bits per heavy atom. The van der Waals surface area contributed by atoms with Gasteiger partial charge in [0.2, 0.25) is 5.91 Å². The number of methoxy groups -OCH3 is 1. The molecule has 0 aromatic heterocycles. The van der Waals surface area contributed by atoms with Crippen molar-refractivity contribution in [3.8, 4) is 16.9 Å². The van der Waals surface area contributed by atoms with Gasteiger partial charge >= 0.3 is 12.1 Å². The minimum Gasteiger partial charge on any atom is -0.496 e. The Balaban J connectivity index is 1.15. The lowest BCUT2D eigenvalue weighted by Gasteiger charge is -2.41. The number of carbonyl (C=O) groups excluding carboxylic acids is 2. The maximum Gasteiger partial charge on any atom is 0.471 e. The predicted molar refractivity (Wildman–Crippen MR) is 191 cm³/mol. The highest BCUT2D eigenvalue weighted by atomic mass is 32.2. The standard InChI is InChI=1S/C40H41F3N2O6S/c1-25-34(24-52-35-11-4-3-10-33(35)49-2)50-38(51-36(25)29-14-12-26(23-46)13-15-29)30-18-16-28(17-19-30)31-8-5-7-27(21-31)22-44-37(47)32-9-6-20-45(32)39(48)40(41,42)43/h3-5,7-8,10-19,21,25,32,34,36,38,46H,6,9,20,22-24H2,1-2H3,(H,44,47). The summed E-state index contributed by atoms with van der Waals surface area (Å²) in [6.45, 7) is 2.09. The zero-order valence-electron chi connectivity index (χ0n) is 28.8. The number of thioether (sulfide) groups is 1. The lowest BCUT2D eigenvalue weighted by atomic mass is 9.91. The third-order valence-corrected chi connectivity index (χ3v) is 10.7. The molecule has 52 heavy (non-hydrogen) atoms. The van der Waals surface area contributed by atoms with E-state index in [0.29, 0.717) is 17.1 Å².